The summed E-state index contributed by atoms with van der Waals surface area (Å²) in [6.07, 6.45) is 6.34. The standard InChI is InChI=1S/C23H28N2O2/c1-13(12-26)8-21(27)15-9-17-16-4-3-5-19-22(16)18(10-20(17)25(2)11-15)23(24-19)14-6-7-14/h3-5,9,13-15,20,24,26H,6-8,10-12H2,1-2H3. The Morgan fingerprint density at radius 1 is 1.37 bits per heavy atom. The van der Waals surface area contributed by atoms with Crippen LogP contribution < -0.4 is 0 Å². The van der Waals surface area contributed by atoms with Crippen molar-refractivity contribution in [2.24, 2.45) is 11.8 Å². The van der Waals surface area contributed by atoms with Crippen LogP contribution in [0.15, 0.2) is 24.3 Å². The van der Waals surface area contributed by atoms with Crippen LogP contribution in [0.4, 0.5) is 0 Å². The maximum atomic E-state index is 12.8. The summed E-state index contributed by atoms with van der Waals surface area (Å²) in [5, 5.41) is 10.7. The molecule has 1 aromatic heterocycles. The quantitative estimate of drug-likeness (QED) is 0.854. The maximum absolute atomic E-state index is 12.8. The van der Waals surface area contributed by atoms with Gasteiger partial charge in [-0.05, 0) is 60.9 Å². The van der Waals surface area contributed by atoms with E-state index in [0.717, 1.165) is 13.0 Å². The Labute approximate surface area is 160 Å². The van der Waals surface area contributed by atoms with Crippen LogP contribution in [0, 0.1) is 11.8 Å². The smallest absolute Gasteiger partial charge is 0.141 e. The Balaban J connectivity index is 1.58. The van der Waals surface area contributed by atoms with Crippen LogP contribution in [-0.2, 0) is 11.2 Å². The van der Waals surface area contributed by atoms with Crippen molar-refractivity contribution in [3.63, 3.8) is 0 Å². The second-order valence-corrected chi connectivity index (χ2v) is 8.87. The minimum absolute atomic E-state index is 0.0334. The van der Waals surface area contributed by atoms with Crippen molar-refractivity contribution in [2.45, 2.75) is 44.6 Å². The van der Waals surface area contributed by atoms with Gasteiger partial charge >= 0.3 is 0 Å². The van der Waals surface area contributed by atoms with Crippen molar-refractivity contribution in [2.75, 3.05) is 20.2 Å². The number of ketones is 1. The molecule has 1 fully saturated rings. The molecule has 3 aliphatic rings. The largest absolute Gasteiger partial charge is 0.396 e. The van der Waals surface area contributed by atoms with Gasteiger partial charge in [0.1, 0.15) is 5.78 Å². The van der Waals surface area contributed by atoms with Gasteiger partial charge in [-0.2, -0.15) is 0 Å². The van der Waals surface area contributed by atoms with Gasteiger partial charge in [-0.1, -0.05) is 25.1 Å². The highest BCUT2D eigenvalue weighted by molar-refractivity contribution is 6.00. The maximum Gasteiger partial charge on any atom is 0.141 e. The molecule has 3 unspecified atom stereocenters. The average molecular weight is 364 g/mol. The van der Waals surface area contributed by atoms with Crippen molar-refractivity contribution in [3.8, 4) is 0 Å². The van der Waals surface area contributed by atoms with E-state index in [9.17, 15) is 9.90 Å². The zero-order valence-electron chi connectivity index (χ0n) is 16.2. The van der Waals surface area contributed by atoms with E-state index in [2.05, 4.69) is 41.2 Å². The Kier molecular flexibility index (Phi) is 4.03. The lowest BCUT2D eigenvalue weighted by Gasteiger charge is -2.40. The van der Waals surface area contributed by atoms with E-state index in [4.69, 9.17) is 0 Å². The number of H-pyrrole nitrogens is 1. The Morgan fingerprint density at radius 2 is 2.19 bits per heavy atom. The molecule has 0 saturated heterocycles. The molecule has 2 aromatic rings. The number of carbonyl (C=O) groups is 1. The van der Waals surface area contributed by atoms with Gasteiger partial charge < -0.3 is 10.1 Å². The second-order valence-electron chi connectivity index (χ2n) is 8.87. The molecular formula is C23H28N2O2. The lowest BCUT2D eigenvalue weighted by molar-refractivity contribution is -0.123. The van der Waals surface area contributed by atoms with E-state index in [1.807, 2.05) is 6.92 Å². The summed E-state index contributed by atoms with van der Waals surface area (Å²) in [5.41, 5.74) is 6.84. The number of rotatable bonds is 5. The third-order valence-electron chi connectivity index (χ3n) is 6.69. The Bertz CT molecular complexity index is 937. The third-order valence-corrected chi connectivity index (χ3v) is 6.69. The fourth-order valence-corrected chi connectivity index (χ4v) is 5.05. The number of likely N-dealkylation sites (N-methyl/N-ethyl adjacent to an activating group) is 1. The van der Waals surface area contributed by atoms with E-state index in [-0.39, 0.29) is 24.2 Å². The SMILES string of the molecule is CC(CO)CC(=O)C1C=C2c3cccc4[nH]c(C5CC5)c(c34)CC2N(C)C1. The first-order chi connectivity index (χ1) is 13.1. The number of aromatic amines is 1. The number of hydrogen-bond acceptors (Lipinski definition) is 3. The van der Waals surface area contributed by atoms with E-state index in [0.29, 0.717) is 18.4 Å². The molecule has 1 saturated carbocycles. The van der Waals surface area contributed by atoms with Gasteiger partial charge in [0.25, 0.3) is 0 Å². The number of aliphatic hydroxyl groups excluding tert-OH is 1. The minimum Gasteiger partial charge on any atom is -0.396 e. The molecule has 5 rings (SSSR count). The molecule has 3 atom stereocenters. The van der Waals surface area contributed by atoms with Crippen molar-refractivity contribution >= 4 is 22.3 Å². The predicted molar refractivity (Wildman–Crippen MR) is 108 cm³/mol. The molecule has 2 N–H and O–H groups in total. The second kappa shape index (κ2) is 6.32. The molecule has 1 aromatic carbocycles. The molecule has 2 aliphatic carbocycles. The van der Waals surface area contributed by atoms with Crippen molar-refractivity contribution in [1.82, 2.24) is 9.88 Å². The predicted octanol–water partition coefficient (Wildman–Crippen LogP) is 3.50. The first kappa shape index (κ1) is 17.2. The summed E-state index contributed by atoms with van der Waals surface area (Å²) in [6, 6.07) is 6.91. The van der Waals surface area contributed by atoms with Crippen LogP contribution in [0.1, 0.15) is 48.9 Å². The normalized spacial score (nSPS) is 26.0. The first-order valence-electron chi connectivity index (χ1n) is 10.3. The number of carbonyl (C=O) groups excluding carboxylic acids is 1. The number of hydrogen-bond donors (Lipinski definition) is 2. The third kappa shape index (κ3) is 2.77. The highest BCUT2D eigenvalue weighted by atomic mass is 16.3. The summed E-state index contributed by atoms with van der Waals surface area (Å²) in [6.45, 7) is 2.79. The number of aliphatic hydroxyl groups is 1. The van der Waals surface area contributed by atoms with Crippen LogP contribution in [0.2, 0.25) is 0 Å². The van der Waals surface area contributed by atoms with Crippen LogP contribution in [-0.4, -0.2) is 47.0 Å². The van der Waals surface area contributed by atoms with Gasteiger partial charge in [0, 0.05) is 48.1 Å². The molecule has 0 amide bonds. The van der Waals surface area contributed by atoms with Crippen LogP contribution in [0.3, 0.4) is 0 Å². The minimum atomic E-state index is -0.0751. The summed E-state index contributed by atoms with van der Waals surface area (Å²) in [5.74, 6) is 0.925. The number of nitrogens with zero attached hydrogens (tertiary/aromatic N) is 1. The summed E-state index contributed by atoms with van der Waals surface area (Å²) in [7, 11) is 2.15. The highest BCUT2D eigenvalue weighted by Crippen LogP contribution is 2.48. The van der Waals surface area contributed by atoms with E-state index in [1.165, 1.54) is 46.1 Å². The molecule has 2 heterocycles. The van der Waals surface area contributed by atoms with Gasteiger partial charge in [0.15, 0.2) is 0 Å². The molecular weight excluding hydrogens is 336 g/mol. The van der Waals surface area contributed by atoms with Crippen molar-refractivity contribution < 1.29 is 9.90 Å². The summed E-state index contributed by atoms with van der Waals surface area (Å²) < 4.78 is 0. The number of aromatic nitrogens is 1. The van der Waals surface area contributed by atoms with E-state index in [1.54, 1.807) is 0 Å². The van der Waals surface area contributed by atoms with Crippen molar-refractivity contribution in [1.29, 1.82) is 0 Å². The first-order valence-corrected chi connectivity index (χ1v) is 10.3. The molecule has 1 aliphatic heterocycles. The zero-order valence-corrected chi connectivity index (χ0v) is 16.2. The van der Waals surface area contributed by atoms with Gasteiger partial charge in [-0.3, -0.25) is 9.69 Å². The topological polar surface area (TPSA) is 56.3 Å². The van der Waals surface area contributed by atoms with Gasteiger partial charge in [0.05, 0.1) is 0 Å². The Hall–Kier alpha value is -1.91. The van der Waals surface area contributed by atoms with E-state index >= 15 is 0 Å². The lowest BCUT2D eigenvalue weighted by atomic mass is 9.78. The molecule has 4 nitrogen and oxygen atoms in total. The fourth-order valence-electron chi connectivity index (χ4n) is 5.05. The molecule has 142 valence electrons. The number of benzene rings is 1. The molecule has 27 heavy (non-hydrogen) atoms. The van der Waals surface area contributed by atoms with Crippen LogP contribution in [0.25, 0.3) is 16.5 Å². The number of nitrogens with one attached hydrogen (secondary N) is 1. The highest BCUT2D eigenvalue weighted by Gasteiger charge is 2.38. The average Bonchev–Trinajstić information content (AvgIpc) is 3.45. The zero-order chi connectivity index (χ0) is 18.7. The fraction of sp³-hybridized carbons (Fsp3) is 0.522. The molecule has 0 spiro atoms. The van der Waals surface area contributed by atoms with Crippen LogP contribution in [0.5, 0.6) is 0 Å². The lowest BCUT2D eigenvalue weighted by Crippen LogP contribution is -2.44. The molecule has 0 radical (unpaired) electrons. The summed E-state index contributed by atoms with van der Waals surface area (Å²) >= 11 is 0. The van der Waals surface area contributed by atoms with Crippen LogP contribution >= 0.6 is 0 Å². The number of fused-ring (bicyclic) bond motifs is 2. The summed E-state index contributed by atoms with van der Waals surface area (Å²) in [4.78, 5) is 18.9. The van der Waals surface area contributed by atoms with Gasteiger partial charge in [-0.25, -0.2) is 0 Å². The molecule has 4 heteroatoms. The number of Topliss-reactive ketones (excluding diaryl/α,β-unsaturated/α-hetero) is 1. The monoisotopic (exact) mass is 364 g/mol. The van der Waals surface area contributed by atoms with E-state index < -0.39 is 0 Å². The Morgan fingerprint density at radius 3 is 2.93 bits per heavy atom. The van der Waals surface area contributed by atoms with Gasteiger partial charge in [-0.15, -0.1) is 0 Å². The molecule has 0 bridgehead atoms. The van der Waals surface area contributed by atoms with Crippen molar-refractivity contribution in [3.05, 3.63) is 41.1 Å². The van der Waals surface area contributed by atoms with Gasteiger partial charge in [0.2, 0.25) is 0 Å².